The van der Waals surface area contributed by atoms with Gasteiger partial charge in [-0.3, -0.25) is 0 Å². The molecule has 1 fully saturated rings. The molecule has 1 aliphatic rings. The number of fused-ring (bicyclic) bond motifs is 3. The van der Waals surface area contributed by atoms with Crippen LogP contribution < -0.4 is 15.0 Å². The van der Waals surface area contributed by atoms with Gasteiger partial charge in [-0.2, -0.15) is 10.1 Å². The second-order valence-corrected chi connectivity index (χ2v) is 9.48. The number of pyridine rings is 1. The van der Waals surface area contributed by atoms with Gasteiger partial charge in [0.15, 0.2) is 0 Å². The fourth-order valence-electron chi connectivity index (χ4n) is 4.55. The normalized spacial score (nSPS) is 14.2. The van der Waals surface area contributed by atoms with Crippen LogP contribution in [0.2, 0.25) is 0 Å². The summed E-state index contributed by atoms with van der Waals surface area (Å²) in [6.45, 7) is 8.37. The molecule has 1 N–H and O–H groups in total. The zero-order valence-electron chi connectivity index (χ0n) is 19.9. The molecule has 0 radical (unpaired) electrons. The Bertz CT molecular complexity index is 1470. The molecule has 6 rings (SSSR count). The van der Waals surface area contributed by atoms with Crippen LogP contribution >= 0.6 is 11.3 Å². The van der Waals surface area contributed by atoms with Gasteiger partial charge in [0.25, 0.3) is 0 Å². The van der Waals surface area contributed by atoms with Gasteiger partial charge < -0.3 is 15.0 Å². The Hall–Kier alpha value is -3.56. The van der Waals surface area contributed by atoms with E-state index in [4.69, 9.17) is 19.7 Å². The van der Waals surface area contributed by atoms with E-state index in [1.807, 2.05) is 23.9 Å². The first kappa shape index (κ1) is 21.9. The van der Waals surface area contributed by atoms with Gasteiger partial charge in [0, 0.05) is 49.5 Å². The molecule has 5 aromatic rings. The minimum Gasteiger partial charge on any atom is -0.477 e. The molecule has 1 aromatic carbocycles. The van der Waals surface area contributed by atoms with E-state index >= 15 is 0 Å². The smallest absolute Gasteiger partial charge is 0.236 e. The lowest BCUT2D eigenvalue weighted by Crippen LogP contribution is -2.44. The summed E-state index contributed by atoms with van der Waals surface area (Å²) in [5.41, 5.74) is 5.24. The van der Waals surface area contributed by atoms with Crippen LogP contribution in [0.25, 0.3) is 37.4 Å². The molecule has 0 amide bonds. The summed E-state index contributed by atoms with van der Waals surface area (Å²) in [5.74, 6) is 1.39. The highest BCUT2D eigenvalue weighted by Crippen LogP contribution is 2.40. The monoisotopic (exact) mass is 485 g/mol. The van der Waals surface area contributed by atoms with E-state index < -0.39 is 0 Å². The lowest BCUT2D eigenvalue weighted by atomic mass is 10.0. The van der Waals surface area contributed by atoms with Crippen LogP contribution in [0, 0.1) is 0 Å². The van der Waals surface area contributed by atoms with Crippen molar-refractivity contribution in [3.63, 3.8) is 0 Å². The van der Waals surface area contributed by atoms with Gasteiger partial charge in [0.2, 0.25) is 11.8 Å². The average Bonchev–Trinajstić information content (AvgIpc) is 3.57. The molecule has 1 saturated heterocycles. The number of aromatic nitrogens is 5. The maximum atomic E-state index is 6.00. The van der Waals surface area contributed by atoms with Crippen molar-refractivity contribution < 1.29 is 4.74 Å². The molecule has 9 heteroatoms. The number of nitrogens with zero attached hydrogens (tertiary/aromatic N) is 6. The summed E-state index contributed by atoms with van der Waals surface area (Å²) < 4.78 is 8.82. The Labute approximate surface area is 207 Å². The molecule has 178 valence electrons. The van der Waals surface area contributed by atoms with E-state index in [9.17, 15) is 0 Å². The average molecular weight is 486 g/mol. The molecule has 35 heavy (non-hydrogen) atoms. The van der Waals surface area contributed by atoms with Crippen LogP contribution in [0.15, 0.2) is 48.8 Å². The molecule has 4 aromatic heterocycles. The number of thiophene rings is 1. The van der Waals surface area contributed by atoms with E-state index in [0.29, 0.717) is 12.5 Å². The van der Waals surface area contributed by atoms with Crippen LogP contribution in [-0.4, -0.2) is 57.5 Å². The molecule has 0 saturated carbocycles. The molecule has 0 atom stereocenters. The third-order valence-electron chi connectivity index (χ3n) is 6.32. The molecular formula is C26H27N7OS. The van der Waals surface area contributed by atoms with Crippen molar-refractivity contribution >= 4 is 37.7 Å². The Morgan fingerprint density at radius 3 is 2.60 bits per heavy atom. The summed E-state index contributed by atoms with van der Waals surface area (Å²) in [4.78, 5) is 18.1. The fraction of sp³-hybridized carbons (Fsp3) is 0.308. The molecule has 0 spiro atoms. The topological polar surface area (TPSA) is 81.0 Å². The molecular weight excluding hydrogens is 458 g/mol. The van der Waals surface area contributed by atoms with Gasteiger partial charge in [0.1, 0.15) is 15.0 Å². The number of aryl methyl sites for hydroxylation is 1. The minimum atomic E-state index is 0.559. The van der Waals surface area contributed by atoms with E-state index in [1.165, 1.54) is 5.56 Å². The van der Waals surface area contributed by atoms with Crippen molar-refractivity contribution in [2.75, 3.05) is 37.7 Å². The van der Waals surface area contributed by atoms with Crippen molar-refractivity contribution in [2.24, 2.45) is 0 Å². The predicted octanol–water partition coefficient (Wildman–Crippen LogP) is 4.46. The molecule has 5 heterocycles. The second-order valence-electron chi connectivity index (χ2n) is 8.48. The predicted molar refractivity (Wildman–Crippen MR) is 141 cm³/mol. The third-order valence-corrected chi connectivity index (χ3v) is 7.38. The van der Waals surface area contributed by atoms with Gasteiger partial charge in [0.05, 0.1) is 18.0 Å². The van der Waals surface area contributed by atoms with Crippen LogP contribution in [-0.2, 0) is 6.42 Å². The first-order valence-electron chi connectivity index (χ1n) is 12.1. The maximum absolute atomic E-state index is 6.00. The van der Waals surface area contributed by atoms with Crippen molar-refractivity contribution in [3.05, 3.63) is 54.4 Å². The third kappa shape index (κ3) is 4.00. The van der Waals surface area contributed by atoms with E-state index in [2.05, 4.69) is 52.6 Å². The highest BCUT2D eigenvalue weighted by Gasteiger charge is 2.22. The van der Waals surface area contributed by atoms with Gasteiger partial charge in [-0.15, -0.1) is 11.3 Å². The summed E-state index contributed by atoms with van der Waals surface area (Å²) in [7, 11) is 0. The van der Waals surface area contributed by atoms with Gasteiger partial charge >= 0.3 is 0 Å². The Balaban J connectivity index is 1.48. The first-order valence-corrected chi connectivity index (χ1v) is 12.9. The van der Waals surface area contributed by atoms with Gasteiger partial charge in [-0.1, -0.05) is 19.1 Å². The maximum Gasteiger partial charge on any atom is 0.236 e. The summed E-state index contributed by atoms with van der Waals surface area (Å²) >= 11 is 1.62. The fourth-order valence-corrected chi connectivity index (χ4v) is 5.65. The Morgan fingerprint density at radius 1 is 1.06 bits per heavy atom. The van der Waals surface area contributed by atoms with Crippen molar-refractivity contribution in [1.82, 2.24) is 30.0 Å². The highest BCUT2D eigenvalue weighted by molar-refractivity contribution is 7.25. The Morgan fingerprint density at radius 2 is 1.89 bits per heavy atom. The number of ether oxygens (including phenoxy) is 1. The highest BCUT2D eigenvalue weighted by atomic mass is 32.1. The number of hydrogen-bond donors (Lipinski definition) is 1. The molecule has 0 aliphatic carbocycles. The SMILES string of the molecule is CCOc1nc(N2CCNCC2)nc2c1sc1nc(-c3ccc(-n4cccn4)cc3)cc(CC)c12. The molecule has 1 aliphatic heterocycles. The zero-order valence-corrected chi connectivity index (χ0v) is 20.7. The van der Waals surface area contributed by atoms with Crippen LogP contribution in [0.5, 0.6) is 5.88 Å². The Kier molecular flexibility index (Phi) is 5.79. The number of rotatable bonds is 6. The molecule has 0 unspecified atom stereocenters. The summed E-state index contributed by atoms with van der Waals surface area (Å²) in [6, 6.07) is 12.5. The zero-order chi connectivity index (χ0) is 23.8. The van der Waals surface area contributed by atoms with E-state index in [1.54, 1.807) is 17.5 Å². The second kappa shape index (κ2) is 9.24. The van der Waals surface area contributed by atoms with Gasteiger partial charge in [-0.05, 0) is 43.2 Å². The number of piperazine rings is 1. The van der Waals surface area contributed by atoms with E-state index in [0.717, 1.165) is 75.9 Å². The van der Waals surface area contributed by atoms with Crippen LogP contribution in [0.4, 0.5) is 5.95 Å². The van der Waals surface area contributed by atoms with E-state index in [-0.39, 0.29) is 0 Å². The summed E-state index contributed by atoms with van der Waals surface area (Å²) in [5, 5.41) is 8.83. The first-order chi connectivity index (χ1) is 17.2. The number of benzene rings is 1. The quantitative estimate of drug-likeness (QED) is 0.380. The van der Waals surface area contributed by atoms with Crippen molar-refractivity contribution in [3.8, 4) is 22.8 Å². The lowest BCUT2D eigenvalue weighted by molar-refractivity contribution is 0.331. The van der Waals surface area contributed by atoms with Crippen LogP contribution in [0.1, 0.15) is 19.4 Å². The number of hydrogen-bond acceptors (Lipinski definition) is 8. The van der Waals surface area contributed by atoms with Crippen molar-refractivity contribution in [2.45, 2.75) is 20.3 Å². The van der Waals surface area contributed by atoms with Crippen molar-refractivity contribution in [1.29, 1.82) is 0 Å². The van der Waals surface area contributed by atoms with Crippen LogP contribution in [0.3, 0.4) is 0 Å². The number of nitrogens with one attached hydrogen (secondary N) is 1. The largest absolute Gasteiger partial charge is 0.477 e. The standard InChI is InChI=1S/C26H27N7OS/c1-3-17-16-20(18-6-8-19(9-7-18)33-13-5-10-28-33)29-25-21(17)22-23(35-25)24(34-4-2)31-26(30-22)32-14-11-27-12-15-32/h5-10,13,16,27H,3-4,11-12,14-15H2,1-2H3. The number of anilines is 1. The minimum absolute atomic E-state index is 0.559. The lowest BCUT2D eigenvalue weighted by Gasteiger charge is -2.27. The summed E-state index contributed by atoms with van der Waals surface area (Å²) in [6.07, 6.45) is 4.61. The molecule has 0 bridgehead atoms. The molecule has 8 nitrogen and oxygen atoms in total. The van der Waals surface area contributed by atoms with Gasteiger partial charge in [-0.25, -0.2) is 14.6 Å².